The maximum absolute atomic E-state index is 5.68. The van der Waals surface area contributed by atoms with Crippen molar-refractivity contribution in [2.75, 3.05) is 25.6 Å². The Hall–Kier alpha value is -2.14. The van der Waals surface area contributed by atoms with E-state index in [1.807, 2.05) is 45.0 Å². The van der Waals surface area contributed by atoms with Gasteiger partial charge in [0.15, 0.2) is 0 Å². The highest BCUT2D eigenvalue weighted by Gasteiger charge is 2.05. The van der Waals surface area contributed by atoms with E-state index in [2.05, 4.69) is 15.3 Å². The number of aromatic nitrogens is 2. The van der Waals surface area contributed by atoms with Gasteiger partial charge in [0.1, 0.15) is 17.4 Å². The molecule has 2 aromatic rings. The summed E-state index contributed by atoms with van der Waals surface area (Å²) in [7, 11) is 1.66. The van der Waals surface area contributed by atoms with E-state index in [4.69, 9.17) is 9.47 Å². The molecule has 0 unspecified atom stereocenters. The third-order valence-corrected chi connectivity index (χ3v) is 3.44. The zero-order chi connectivity index (χ0) is 15.9. The molecule has 1 aromatic carbocycles. The molecule has 0 aliphatic rings. The molecule has 2 rings (SSSR count). The molecule has 0 fully saturated rings. The zero-order valence-electron chi connectivity index (χ0n) is 13.6. The number of nitrogens with one attached hydrogen (secondary N) is 1. The van der Waals surface area contributed by atoms with E-state index in [1.54, 1.807) is 7.11 Å². The van der Waals surface area contributed by atoms with Crippen molar-refractivity contribution < 1.29 is 9.47 Å². The first-order valence-electron chi connectivity index (χ1n) is 7.36. The van der Waals surface area contributed by atoms with E-state index in [1.165, 1.54) is 0 Å². The first kappa shape index (κ1) is 16.2. The van der Waals surface area contributed by atoms with Gasteiger partial charge in [0, 0.05) is 17.8 Å². The van der Waals surface area contributed by atoms with Gasteiger partial charge in [-0.2, -0.15) is 0 Å². The Kier molecular flexibility index (Phi) is 5.72. The van der Waals surface area contributed by atoms with E-state index in [0.717, 1.165) is 34.2 Å². The molecule has 0 amide bonds. The van der Waals surface area contributed by atoms with Gasteiger partial charge in [0.25, 0.3) is 0 Å². The van der Waals surface area contributed by atoms with Crippen LogP contribution in [0.4, 0.5) is 5.82 Å². The van der Waals surface area contributed by atoms with Crippen LogP contribution in [0.15, 0.2) is 24.3 Å². The number of methoxy groups -OCH3 is 1. The second-order valence-electron chi connectivity index (χ2n) is 5.16. The number of rotatable bonds is 7. The van der Waals surface area contributed by atoms with Gasteiger partial charge in [-0.1, -0.05) is 12.1 Å². The highest BCUT2D eigenvalue weighted by atomic mass is 16.5. The van der Waals surface area contributed by atoms with Gasteiger partial charge in [-0.25, -0.2) is 9.97 Å². The summed E-state index contributed by atoms with van der Waals surface area (Å²) in [6, 6.07) is 7.89. The Morgan fingerprint density at radius 1 is 1.14 bits per heavy atom. The monoisotopic (exact) mass is 301 g/mol. The number of anilines is 1. The summed E-state index contributed by atoms with van der Waals surface area (Å²) in [6.45, 7) is 7.80. The number of aryl methyl sites for hydroxylation is 2. The largest absolute Gasteiger partial charge is 0.497 e. The molecule has 0 saturated carbocycles. The van der Waals surface area contributed by atoms with Gasteiger partial charge < -0.3 is 14.8 Å². The van der Waals surface area contributed by atoms with E-state index < -0.39 is 0 Å². The second kappa shape index (κ2) is 7.75. The van der Waals surface area contributed by atoms with Crippen LogP contribution in [-0.4, -0.2) is 30.2 Å². The van der Waals surface area contributed by atoms with Crippen LogP contribution in [0.5, 0.6) is 5.75 Å². The molecule has 1 heterocycles. The quantitative estimate of drug-likeness (QED) is 0.797. The van der Waals surface area contributed by atoms with Crippen molar-refractivity contribution in [3.63, 3.8) is 0 Å². The van der Waals surface area contributed by atoms with Crippen molar-refractivity contribution in [3.8, 4) is 5.75 Å². The molecule has 22 heavy (non-hydrogen) atoms. The van der Waals surface area contributed by atoms with Crippen molar-refractivity contribution in [2.45, 2.75) is 27.4 Å². The zero-order valence-corrected chi connectivity index (χ0v) is 13.6. The summed E-state index contributed by atoms with van der Waals surface area (Å²) in [5.74, 6) is 2.51. The van der Waals surface area contributed by atoms with E-state index in [9.17, 15) is 0 Å². The summed E-state index contributed by atoms with van der Waals surface area (Å²) < 4.78 is 10.9. The van der Waals surface area contributed by atoms with Gasteiger partial charge in [-0.05, 0) is 38.5 Å². The molecule has 0 aliphatic heterocycles. The van der Waals surface area contributed by atoms with Crippen LogP contribution in [-0.2, 0) is 11.3 Å². The van der Waals surface area contributed by atoms with Gasteiger partial charge in [-0.15, -0.1) is 0 Å². The molecule has 0 radical (unpaired) electrons. The molecule has 0 bridgehead atoms. The standard InChI is InChI=1S/C17H23N3O2/c1-12-13(2)19-14(3)20-17(12)18-8-9-22-11-15-6-5-7-16(10-15)21-4/h5-7,10H,8-9,11H2,1-4H3,(H,18,19,20). The van der Waals surface area contributed by atoms with Crippen LogP contribution >= 0.6 is 0 Å². The molecular formula is C17H23N3O2. The minimum Gasteiger partial charge on any atom is -0.497 e. The SMILES string of the molecule is COc1cccc(COCCNc2nc(C)nc(C)c2C)c1. The summed E-state index contributed by atoms with van der Waals surface area (Å²) in [4.78, 5) is 8.76. The van der Waals surface area contributed by atoms with E-state index >= 15 is 0 Å². The van der Waals surface area contributed by atoms with Crippen molar-refractivity contribution in [1.82, 2.24) is 9.97 Å². The summed E-state index contributed by atoms with van der Waals surface area (Å²) in [6.07, 6.45) is 0. The average molecular weight is 301 g/mol. The Balaban J connectivity index is 1.78. The number of benzene rings is 1. The van der Waals surface area contributed by atoms with Crippen LogP contribution in [0.2, 0.25) is 0 Å². The minimum atomic E-state index is 0.569. The van der Waals surface area contributed by atoms with Crippen LogP contribution < -0.4 is 10.1 Å². The van der Waals surface area contributed by atoms with Crippen molar-refractivity contribution in [1.29, 1.82) is 0 Å². The van der Waals surface area contributed by atoms with Crippen LogP contribution in [0, 0.1) is 20.8 Å². The Morgan fingerprint density at radius 2 is 1.95 bits per heavy atom. The highest BCUT2D eigenvalue weighted by Crippen LogP contribution is 2.15. The predicted octanol–water partition coefficient (Wildman–Crippen LogP) is 3.04. The fraction of sp³-hybridized carbons (Fsp3) is 0.412. The number of hydrogen-bond donors (Lipinski definition) is 1. The second-order valence-corrected chi connectivity index (χ2v) is 5.16. The van der Waals surface area contributed by atoms with Crippen molar-refractivity contribution in [2.24, 2.45) is 0 Å². The lowest BCUT2D eigenvalue weighted by atomic mass is 10.2. The maximum atomic E-state index is 5.68. The van der Waals surface area contributed by atoms with E-state index in [0.29, 0.717) is 19.8 Å². The lowest BCUT2D eigenvalue weighted by Crippen LogP contribution is -2.13. The fourth-order valence-corrected chi connectivity index (χ4v) is 2.13. The molecule has 5 nitrogen and oxygen atoms in total. The fourth-order valence-electron chi connectivity index (χ4n) is 2.13. The van der Waals surface area contributed by atoms with Gasteiger partial charge in [0.2, 0.25) is 0 Å². The summed E-state index contributed by atoms with van der Waals surface area (Å²) in [5, 5.41) is 3.30. The van der Waals surface area contributed by atoms with Gasteiger partial charge >= 0.3 is 0 Å². The Morgan fingerprint density at radius 3 is 2.73 bits per heavy atom. The molecule has 1 N–H and O–H groups in total. The van der Waals surface area contributed by atoms with Crippen molar-refractivity contribution in [3.05, 3.63) is 46.9 Å². The van der Waals surface area contributed by atoms with Crippen molar-refractivity contribution >= 4 is 5.82 Å². The average Bonchev–Trinajstić information content (AvgIpc) is 2.51. The lowest BCUT2D eigenvalue weighted by Gasteiger charge is -2.11. The first-order valence-corrected chi connectivity index (χ1v) is 7.36. The smallest absolute Gasteiger partial charge is 0.132 e. The lowest BCUT2D eigenvalue weighted by molar-refractivity contribution is 0.130. The van der Waals surface area contributed by atoms with Crippen LogP contribution in [0.3, 0.4) is 0 Å². The minimum absolute atomic E-state index is 0.569. The first-order chi connectivity index (χ1) is 10.6. The Bertz CT molecular complexity index is 629. The molecule has 0 atom stereocenters. The molecule has 118 valence electrons. The van der Waals surface area contributed by atoms with Crippen LogP contribution in [0.25, 0.3) is 0 Å². The predicted molar refractivity (Wildman–Crippen MR) is 87.4 cm³/mol. The summed E-state index contributed by atoms with van der Waals surface area (Å²) >= 11 is 0. The summed E-state index contributed by atoms with van der Waals surface area (Å²) in [5.41, 5.74) is 3.19. The number of ether oxygens (including phenoxy) is 2. The third-order valence-electron chi connectivity index (χ3n) is 3.44. The molecule has 0 saturated heterocycles. The number of nitrogens with zero attached hydrogens (tertiary/aromatic N) is 2. The molecular weight excluding hydrogens is 278 g/mol. The maximum Gasteiger partial charge on any atom is 0.132 e. The normalized spacial score (nSPS) is 10.5. The van der Waals surface area contributed by atoms with Gasteiger partial charge in [-0.3, -0.25) is 0 Å². The molecule has 1 aromatic heterocycles. The Labute approximate surface area is 131 Å². The third kappa shape index (κ3) is 4.43. The topological polar surface area (TPSA) is 56.3 Å². The molecule has 0 aliphatic carbocycles. The molecule has 0 spiro atoms. The highest BCUT2D eigenvalue weighted by molar-refractivity contribution is 5.45. The van der Waals surface area contributed by atoms with Crippen LogP contribution in [0.1, 0.15) is 22.6 Å². The van der Waals surface area contributed by atoms with E-state index in [-0.39, 0.29) is 0 Å². The van der Waals surface area contributed by atoms with Gasteiger partial charge in [0.05, 0.1) is 20.3 Å². The molecule has 5 heteroatoms. The number of hydrogen-bond acceptors (Lipinski definition) is 5.